The Morgan fingerprint density at radius 3 is 2.59 bits per heavy atom. The van der Waals surface area contributed by atoms with Gasteiger partial charge in [0.1, 0.15) is 17.3 Å². The van der Waals surface area contributed by atoms with Gasteiger partial charge in [-0.25, -0.2) is 4.39 Å². The summed E-state index contributed by atoms with van der Waals surface area (Å²) in [5, 5.41) is 0. The highest BCUT2D eigenvalue weighted by Gasteiger charge is 2.29. The second-order valence-electron chi connectivity index (χ2n) is 7.28. The summed E-state index contributed by atoms with van der Waals surface area (Å²) in [6, 6.07) is 10.3. The molecule has 3 heterocycles. The average Bonchev–Trinajstić information content (AvgIpc) is 3.12. The van der Waals surface area contributed by atoms with Crippen molar-refractivity contribution in [1.29, 1.82) is 0 Å². The molecule has 0 radical (unpaired) electrons. The number of amides is 1. The minimum absolute atomic E-state index is 0.0158. The molecule has 0 bridgehead atoms. The fraction of sp³-hybridized carbons (Fsp3) is 0.381. The van der Waals surface area contributed by atoms with E-state index in [0.29, 0.717) is 29.9 Å². The average molecular weight is 370 g/mol. The van der Waals surface area contributed by atoms with Gasteiger partial charge in [-0.05, 0) is 26.8 Å². The van der Waals surface area contributed by atoms with Crippen LogP contribution in [0.25, 0.3) is 11.1 Å². The van der Waals surface area contributed by atoms with Gasteiger partial charge in [0.2, 0.25) is 0 Å². The van der Waals surface area contributed by atoms with Gasteiger partial charge in [-0.3, -0.25) is 4.79 Å². The van der Waals surface area contributed by atoms with Crippen LogP contribution in [0.15, 0.2) is 40.8 Å². The Morgan fingerprint density at radius 1 is 1.19 bits per heavy atom. The molecule has 0 spiro atoms. The van der Waals surface area contributed by atoms with Crippen molar-refractivity contribution in [2.75, 3.05) is 13.1 Å². The molecule has 1 amide bonds. The Balaban J connectivity index is 1.75. The second-order valence-corrected chi connectivity index (χ2v) is 7.28. The third-order valence-electron chi connectivity index (χ3n) is 4.93. The zero-order valence-electron chi connectivity index (χ0n) is 15.7. The number of aryl methyl sites for hydroxylation is 1. The second kappa shape index (κ2) is 6.85. The van der Waals surface area contributed by atoms with Crippen LogP contribution < -0.4 is 0 Å². The number of rotatable bonds is 3. The molecule has 2 unspecified atom stereocenters. The van der Waals surface area contributed by atoms with Crippen LogP contribution in [-0.2, 0) is 11.3 Å². The first kappa shape index (κ1) is 17.8. The molecular formula is C21H23FN2O3. The van der Waals surface area contributed by atoms with E-state index in [9.17, 15) is 9.18 Å². The van der Waals surface area contributed by atoms with Gasteiger partial charge in [-0.2, -0.15) is 0 Å². The highest BCUT2D eigenvalue weighted by atomic mass is 19.1. The molecule has 1 fully saturated rings. The smallest absolute Gasteiger partial charge is 0.270 e. The number of fused-ring (bicyclic) bond motifs is 1. The first-order valence-corrected chi connectivity index (χ1v) is 9.20. The Hall–Kier alpha value is -2.60. The first-order chi connectivity index (χ1) is 12.9. The molecule has 142 valence electrons. The standard InChI is InChI=1S/C21H23FN2O3/c1-13-8-18-20(27-13)9-19(21(25)23-10-14(2)26-15(3)11-23)24(18)12-16-6-4-5-7-17(16)22/h4-9,14-15H,10-12H2,1-3H3. The minimum atomic E-state index is -0.286. The molecule has 1 aliphatic heterocycles. The number of furan rings is 1. The van der Waals surface area contributed by atoms with Crippen LogP contribution in [0.2, 0.25) is 0 Å². The lowest BCUT2D eigenvalue weighted by atomic mass is 10.2. The first-order valence-electron chi connectivity index (χ1n) is 9.20. The van der Waals surface area contributed by atoms with Crippen molar-refractivity contribution in [3.63, 3.8) is 0 Å². The van der Waals surface area contributed by atoms with Crippen LogP contribution in [-0.4, -0.2) is 40.7 Å². The molecule has 1 aromatic carbocycles. The van der Waals surface area contributed by atoms with Crippen molar-refractivity contribution in [1.82, 2.24) is 9.47 Å². The van der Waals surface area contributed by atoms with Crippen molar-refractivity contribution in [2.24, 2.45) is 0 Å². The third kappa shape index (κ3) is 3.37. The van der Waals surface area contributed by atoms with Crippen molar-refractivity contribution in [3.8, 4) is 0 Å². The lowest BCUT2D eigenvalue weighted by molar-refractivity contribution is -0.0588. The molecule has 0 saturated carbocycles. The predicted octanol–water partition coefficient (Wildman–Crippen LogP) is 3.98. The van der Waals surface area contributed by atoms with E-state index in [0.717, 1.165) is 11.3 Å². The van der Waals surface area contributed by atoms with Gasteiger partial charge in [-0.1, -0.05) is 18.2 Å². The van der Waals surface area contributed by atoms with E-state index in [1.807, 2.05) is 31.4 Å². The Kier molecular flexibility index (Phi) is 4.52. The molecule has 6 heteroatoms. The molecular weight excluding hydrogens is 347 g/mol. The van der Waals surface area contributed by atoms with Crippen LogP contribution in [0.5, 0.6) is 0 Å². The summed E-state index contributed by atoms with van der Waals surface area (Å²) in [5.41, 5.74) is 2.48. The number of ether oxygens (including phenoxy) is 1. The largest absolute Gasteiger partial charge is 0.460 e. The van der Waals surface area contributed by atoms with Gasteiger partial charge in [0.25, 0.3) is 5.91 Å². The Labute approximate surface area is 157 Å². The van der Waals surface area contributed by atoms with Gasteiger partial charge in [0, 0.05) is 30.8 Å². The van der Waals surface area contributed by atoms with Crippen LogP contribution in [0.4, 0.5) is 4.39 Å². The zero-order chi connectivity index (χ0) is 19.1. The number of hydrogen-bond acceptors (Lipinski definition) is 3. The number of aromatic nitrogens is 1. The summed E-state index contributed by atoms with van der Waals surface area (Å²) >= 11 is 0. The van der Waals surface area contributed by atoms with Crippen LogP contribution in [0.1, 0.15) is 35.7 Å². The summed E-state index contributed by atoms with van der Waals surface area (Å²) in [6.45, 7) is 7.13. The van der Waals surface area contributed by atoms with E-state index in [-0.39, 0.29) is 30.5 Å². The van der Waals surface area contributed by atoms with E-state index in [1.54, 1.807) is 29.2 Å². The maximum atomic E-state index is 14.2. The third-order valence-corrected chi connectivity index (χ3v) is 4.93. The highest BCUT2D eigenvalue weighted by Crippen LogP contribution is 2.27. The summed E-state index contributed by atoms with van der Waals surface area (Å²) < 4.78 is 27.5. The highest BCUT2D eigenvalue weighted by molar-refractivity contribution is 5.97. The van der Waals surface area contributed by atoms with Crippen LogP contribution in [0.3, 0.4) is 0 Å². The Bertz CT molecular complexity index is 981. The summed E-state index contributed by atoms with van der Waals surface area (Å²) in [5.74, 6) is 0.388. The fourth-order valence-corrected chi connectivity index (χ4v) is 3.82. The van der Waals surface area contributed by atoms with Crippen molar-refractivity contribution >= 4 is 17.0 Å². The number of morpholine rings is 1. The molecule has 0 aliphatic carbocycles. The normalized spacial score (nSPS) is 20.4. The van der Waals surface area contributed by atoms with Gasteiger partial charge in [0.15, 0.2) is 5.58 Å². The molecule has 4 rings (SSSR count). The van der Waals surface area contributed by atoms with Crippen molar-refractivity contribution in [2.45, 2.75) is 39.5 Å². The fourth-order valence-electron chi connectivity index (χ4n) is 3.82. The zero-order valence-corrected chi connectivity index (χ0v) is 15.7. The maximum absolute atomic E-state index is 14.2. The number of nitrogens with zero attached hydrogens (tertiary/aromatic N) is 2. The molecule has 27 heavy (non-hydrogen) atoms. The number of carbonyl (C=O) groups is 1. The molecule has 2 atom stereocenters. The molecule has 2 aromatic heterocycles. The molecule has 3 aromatic rings. The van der Waals surface area contributed by atoms with E-state index in [2.05, 4.69) is 0 Å². The van der Waals surface area contributed by atoms with E-state index >= 15 is 0 Å². The molecule has 5 nitrogen and oxygen atoms in total. The summed E-state index contributed by atoms with van der Waals surface area (Å²) in [4.78, 5) is 15.1. The molecule has 1 saturated heterocycles. The lowest BCUT2D eigenvalue weighted by Crippen LogP contribution is -2.48. The monoisotopic (exact) mass is 370 g/mol. The van der Waals surface area contributed by atoms with Crippen LogP contribution >= 0.6 is 0 Å². The SMILES string of the molecule is Cc1cc2c(cc(C(=O)N3CC(C)OC(C)C3)n2Cc2ccccc2F)o1. The quantitative estimate of drug-likeness (QED) is 0.701. The Morgan fingerprint density at radius 2 is 1.89 bits per heavy atom. The van der Waals surface area contributed by atoms with Gasteiger partial charge in [0.05, 0.1) is 24.3 Å². The van der Waals surface area contributed by atoms with E-state index < -0.39 is 0 Å². The topological polar surface area (TPSA) is 47.6 Å². The van der Waals surface area contributed by atoms with E-state index in [1.165, 1.54) is 6.07 Å². The maximum Gasteiger partial charge on any atom is 0.270 e. The van der Waals surface area contributed by atoms with Crippen LogP contribution in [0, 0.1) is 12.7 Å². The van der Waals surface area contributed by atoms with Gasteiger partial charge in [-0.15, -0.1) is 0 Å². The number of benzene rings is 1. The van der Waals surface area contributed by atoms with Crippen molar-refractivity contribution < 1.29 is 18.3 Å². The minimum Gasteiger partial charge on any atom is -0.460 e. The molecule has 1 aliphatic rings. The lowest BCUT2D eigenvalue weighted by Gasteiger charge is -2.35. The van der Waals surface area contributed by atoms with E-state index in [4.69, 9.17) is 9.15 Å². The number of halogens is 1. The predicted molar refractivity (Wildman–Crippen MR) is 100 cm³/mol. The number of carbonyl (C=O) groups excluding carboxylic acids is 1. The van der Waals surface area contributed by atoms with Gasteiger partial charge >= 0.3 is 0 Å². The summed E-state index contributed by atoms with van der Waals surface area (Å²) in [6.07, 6.45) is -0.0316. The van der Waals surface area contributed by atoms with Gasteiger partial charge < -0.3 is 18.6 Å². The van der Waals surface area contributed by atoms with Crippen molar-refractivity contribution in [3.05, 3.63) is 59.2 Å². The molecule has 0 N–H and O–H groups in total. The summed E-state index contributed by atoms with van der Waals surface area (Å²) in [7, 11) is 0. The number of hydrogen-bond donors (Lipinski definition) is 0.